The van der Waals surface area contributed by atoms with Gasteiger partial charge in [0.1, 0.15) is 5.75 Å². The maximum Gasteiger partial charge on any atom is 0.261 e. The van der Waals surface area contributed by atoms with E-state index >= 15 is 0 Å². The maximum atomic E-state index is 12.8. The molecule has 0 aliphatic rings. The van der Waals surface area contributed by atoms with E-state index in [-0.39, 0.29) is 22.0 Å². The van der Waals surface area contributed by atoms with Crippen molar-refractivity contribution in [1.29, 1.82) is 0 Å². The summed E-state index contributed by atoms with van der Waals surface area (Å²) in [4.78, 5) is 12.6. The summed E-state index contributed by atoms with van der Waals surface area (Å²) in [5.41, 5.74) is 3.40. The Hall–Kier alpha value is -3.43. The average molecular weight is 526 g/mol. The Labute approximate surface area is 218 Å². The Morgan fingerprint density at radius 3 is 2.28 bits per heavy atom. The molecule has 7 nitrogen and oxygen atoms in total. The van der Waals surface area contributed by atoms with E-state index in [1.54, 1.807) is 42.5 Å². The van der Waals surface area contributed by atoms with Crippen molar-refractivity contribution in [3.8, 4) is 5.75 Å². The van der Waals surface area contributed by atoms with Crippen LogP contribution in [-0.4, -0.2) is 25.5 Å². The predicted octanol–water partition coefficient (Wildman–Crippen LogP) is 5.80. The van der Waals surface area contributed by atoms with Crippen molar-refractivity contribution < 1.29 is 17.9 Å². The number of carbonyl (C=O) groups excluding carboxylic acids is 1. The summed E-state index contributed by atoms with van der Waals surface area (Å²) in [6.07, 6.45) is 2.10. The van der Waals surface area contributed by atoms with E-state index in [1.165, 1.54) is 12.1 Å². The van der Waals surface area contributed by atoms with Crippen LogP contribution in [0.4, 0.5) is 11.4 Å². The monoisotopic (exact) mass is 525 g/mol. The van der Waals surface area contributed by atoms with Gasteiger partial charge in [0.15, 0.2) is 5.11 Å². The van der Waals surface area contributed by atoms with Crippen molar-refractivity contribution in [2.24, 2.45) is 0 Å². The summed E-state index contributed by atoms with van der Waals surface area (Å²) in [7, 11) is -3.75. The SMILES string of the molecule is CCCC(C)Oc1ccc(C(=O)NC(=S)Nc2ccc(S(=O)(=O)Nc3ccc(C)cc3C)cc2)cc1. The Bertz CT molecular complexity index is 1320. The Balaban J connectivity index is 1.57. The van der Waals surface area contributed by atoms with Gasteiger partial charge in [-0.3, -0.25) is 14.8 Å². The highest BCUT2D eigenvalue weighted by molar-refractivity contribution is 7.92. The normalized spacial score (nSPS) is 11.9. The summed E-state index contributed by atoms with van der Waals surface area (Å²) in [6, 6.07) is 18.5. The molecule has 0 aromatic heterocycles. The van der Waals surface area contributed by atoms with Crippen molar-refractivity contribution in [2.45, 2.75) is 51.5 Å². The van der Waals surface area contributed by atoms with Crippen LogP contribution < -0.4 is 20.1 Å². The summed E-state index contributed by atoms with van der Waals surface area (Å²) >= 11 is 5.24. The van der Waals surface area contributed by atoms with Gasteiger partial charge < -0.3 is 10.1 Å². The minimum atomic E-state index is -3.75. The number of hydrogen-bond donors (Lipinski definition) is 3. The van der Waals surface area contributed by atoms with Crippen molar-refractivity contribution in [1.82, 2.24) is 5.32 Å². The second-order valence-electron chi connectivity index (χ2n) is 8.60. The van der Waals surface area contributed by atoms with Crippen molar-refractivity contribution in [3.63, 3.8) is 0 Å². The van der Waals surface area contributed by atoms with Gasteiger partial charge in [0.2, 0.25) is 0 Å². The molecule has 0 heterocycles. The van der Waals surface area contributed by atoms with Gasteiger partial charge in [0.05, 0.1) is 16.7 Å². The number of ether oxygens (including phenoxy) is 1. The van der Waals surface area contributed by atoms with Crippen LogP contribution in [-0.2, 0) is 10.0 Å². The third-order valence-electron chi connectivity index (χ3n) is 5.42. The van der Waals surface area contributed by atoms with Crippen LogP contribution in [0.1, 0.15) is 48.2 Å². The first-order valence-electron chi connectivity index (χ1n) is 11.7. The van der Waals surface area contributed by atoms with Crippen molar-refractivity contribution >= 4 is 44.6 Å². The van der Waals surface area contributed by atoms with Gasteiger partial charge in [-0.15, -0.1) is 0 Å². The first kappa shape index (κ1) is 27.2. The van der Waals surface area contributed by atoms with E-state index in [4.69, 9.17) is 17.0 Å². The van der Waals surface area contributed by atoms with Crippen LogP contribution in [0, 0.1) is 13.8 Å². The van der Waals surface area contributed by atoms with Gasteiger partial charge in [-0.25, -0.2) is 8.42 Å². The number of rotatable bonds is 9. The molecule has 1 atom stereocenters. The summed E-state index contributed by atoms with van der Waals surface area (Å²) in [5.74, 6) is 0.341. The fourth-order valence-corrected chi connectivity index (χ4v) is 4.91. The topological polar surface area (TPSA) is 96.5 Å². The van der Waals surface area contributed by atoms with E-state index < -0.39 is 10.0 Å². The minimum absolute atomic E-state index is 0.0981. The molecule has 0 fully saturated rings. The van der Waals surface area contributed by atoms with Crippen molar-refractivity contribution in [3.05, 3.63) is 83.4 Å². The van der Waals surface area contributed by atoms with Gasteiger partial charge in [0, 0.05) is 11.3 Å². The Kier molecular flexibility index (Phi) is 9.06. The molecule has 1 amide bonds. The fourth-order valence-electron chi connectivity index (χ4n) is 3.57. The largest absolute Gasteiger partial charge is 0.491 e. The number of nitrogens with one attached hydrogen (secondary N) is 3. The highest BCUT2D eigenvalue weighted by Crippen LogP contribution is 2.22. The maximum absolute atomic E-state index is 12.8. The zero-order valence-corrected chi connectivity index (χ0v) is 22.4. The fraction of sp³-hybridized carbons (Fsp3) is 0.259. The second-order valence-corrected chi connectivity index (χ2v) is 10.7. The smallest absolute Gasteiger partial charge is 0.261 e. The molecule has 36 heavy (non-hydrogen) atoms. The summed E-state index contributed by atoms with van der Waals surface area (Å²) in [6.45, 7) is 7.91. The Morgan fingerprint density at radius 1 is 1.00 bits per heavy atom. The van der Waals surface area contributed by atoms with E-state index in [0.29, 0.717) is 22.7 Å². The number of carbonyl (C=O) groups is 1. The van der Waals surface area contributed by atoms with E-state index in [1.807, 2.05) is 32.9 Å². The molecule has 0 saturated heterocycles. The zero-order chi connectivity index (χ0) is 26.3. The van der Waals surface area contributed by atoms with Gasteiger partial charge in [-0.2, -0.15) is 0 Å². The lowest BCUT2D eigenvalue weighted by atomic mass is 10.1. The van der Waals surface area contributed by atoms with Crippen LogP contribution in [0.3, 0.4) is 0 Å². The molecule has 3 aromatic carbocycles. The first-order chi connectivity index (χ1) is 17.1. The Morgan fingerprint density at radius 2 is 1.67 bits per heavy atom. The van der Waals surface area contributed by atoms with E-state index in [2.05, 4.69) is 22.3 Å². The minimum Gasteiger partial charge on any atom is -0.491 e. The zero-order valence-electron chi connectivity index (χ0n) is 20.8. The third-order valence-corrected chi connectivity index (χ3v) is 7.01. The molecule has 0 radical (unpaired) electrons. The second kappa shape index (κ2) is 12.0. The highest BCUT2D eigenvalue weighted by atomic mass is 32.2. The van der Waals surface area contributed by atoms with Crippen LogP contribution in [0.15, 0.2) is 71.6 Å². The highest BCUT2D eigenvalue weighted by Gasteiger charge is 2.16. The van der Waals surface area contributed by atoms with E-state index in [0.717, 1.165) is 24.0 Å². The summed E-state index contributed by atoms with van der Waals surface area (Å²) < 4.78 is 34.0. The number of hydrogen-bond acceptors (Lipinski definition) is 5. The quantitative estimate of drug-likeness (QED) is 0.306. The average Bonchev–Trinajstić information content (AvgIpc) is 2.82. The van der Waals surface area contributed by atoms with Gasteiger partial charge >= 0.3 is 0 Å². The molecule has 0 saturated carbocycles. The number of anilines is 2. The summed E-state index contributed by atoms with van der Waals surface area (Å²) in [5, 5.41) is 5.62. The molecule has 1 unspecified atom stereocenters. The molecule has 3 rings (SSSR count). The lowest BCUT2D eigenvalue weighted by Crippen LogP contribution is -2.34. The molecular formula is C27H31N3O4S2. The number of thiocarbonyl (C=S) groups is 1. The molecule has 0 bridgehead atoms. The van der Waals surface area contributed by atoms with Gasteiger partial charge in [-0.05, 0) is 99.6 Å². The van der Waals surface area contributed by atoms with E-state index in [9.17, 15) is 13.2 Å². The van der Waals surface area contributed by atoms with Crippen LogP contribution >= 0.6 is 12.2 Å². The number of sulfonamides is 1. The molecule has 0 aliphatic carbocycles. The molecule has 3 aromatic rings. The standard InChI is InChI=1S/C27H31N3O4S2/c1-5-6-20(4)34-23-12-8-21(9-13-23)26(31)29-27(35)28-22-10-14-24(15-11-22)36(32,33)30-25-16-7-18(2)17-19(25)3/h7-17,20,30H,5-6H2,1-4H3,(H2,28,29,31,35). The molecule has 9 heteroatoms. The number of amides is 1. The lowest BCUT2D eigenvalue weighted by molar-refractivity contribution is 0.0977. The lowest BCUT2D eigenvalue weighted by Gasteiger charge is -2.14. The van der Waals surface area contributed by atoms with Crippen LogP contribution in [0.2, 0.25) is 0 Å². The van der Waals surface area contributed by atoms with Crippen LogP contribution in [0.5, 0.6) is 5.75 Å². The number of benzene rings is 3. The van der Waals surface area contributed by atoms with Crippen molar-refractivity contribution in [2.75, 3.05) is 10.0 Å². The third kappa shape index (κ3) is 7.53. The van der Waals surface area contributed by atoms with Crippen LogP contribution in [0.25, 0.3) is 0 Å². The number of aryl methyl sites for hydroxylation is 2. The first-order valence-corrected chi connectivity index (χ1v) is 13.6. The molecule has 190 valence electrons. The van der Waals surface area contributed by atoms with Gasteiger partial charge in [0.25, 0.3) is 15.9 Å². The molecule has 0 aliphatic heterocycles. The molecular weight excluding hydrogens is 494 g/mol. The molecule has 0 spiro atoms. The predicted molar refractivity (Wildman–Crippen MR) is 148 cm³/mol. The van der Waals surface area contributed by atoms with Gasteiger partial charge in [-0.1, -0.05) is 31.0 Å². The molecule has 3 N–H and O–H groups in total.